The average Bonchev–Trinajstić information content (AvgIpc) is 2.32. The quantitative estimate of drug-likeness (QED) is 0.643. The van der Waals surface area contributed by atoms with Crippen LogP contribution in [0.1, 0.15) is 17.5 Å². The highest BCUT2D eigenvalue weighted by Gasteiger charge is 2.23. The second kappa shape index (κ2) is 7.07. The molecule has 0 radical (unpaired) electrons. The van der Waals surface area contributed by atoms with E-state index in [1.54, 1.807) is 13.0 Å². The normalized spacial score (nSPS) is 11.6. The van der Waals surface area contributed by atoms with Crippen molar-refractivity contribution in [2.24, 2.45) is 0 Å². The van der Waals surface area contributed by atoms with Crippen LogP contribution in [0.25, 0.3) is 0 Å². The van der Waals surface area contributed by atoms with Crippen molar-refractivity contribution in [1.82, 2.24) is 5.32 Å². The second-order valence-corrected chi connectivity index (χ2v) is 5.38. The number of carbonyl (C=O) groups excluding carboxylic acids is 1. The van der Waals surface area contributed by atoms with Gasteiger partial charge in [-0.1, -0.05) is 6.07 Å². The number of aryl methyl sites for hydroxylation is 2. The zero-order chi connectivity index (χ0) is 16.2. The third-order valence-corrected chi connectivity index (χ3v) is 3.28. The standard InChI is InChI=1S/C13H15BrN2O5/c1-6-3-7(2)11(8(14)4-6)16-13(21)15-9(12(19)20)5-10(17)18/h3-4,9H,5H2,1-2H3,(H,17,18)(H,19,20)(H2,15,16,21)/t9-/m0/s1. The van der Waals surface area contributed by atoms with Crippen LogP contribution in [0.3, 0.4) is 0 Å². The van der Waals surface area contributed by atoms with Gasteiger partial charge in [0.2, 0.25) is 0 Å². The number of halogens is 1. The molecule has 0 bridgehead atoms. The van der Waals surface area contributed by atoms with E-state index in [0.717, 1.165) is 11.1 Å². The number of amides is 2. The highest BCUT2D eigenvalue weighted by atomic mass is 79.9. The van der Waals surface area contributed by atoms with E-state index in [0.29, 0.717) is 10.2 Å². The van der Waals surface area contributed by atoms with Crippen LogP contribution >= 0.6 is 15.9 Å². The first-order valence-electron chi connectivity index (χ1n) is 5.99. The van der Waals surface area contributed by atoms with Gasteiger partial charge in [0.1, 0.15) is 6.04 Å². The molecule has 0 saturated carbocycles. The van der Waals surface area contributed by atoms with Crippen LogP contribution in [0, 0.1) is 13.8 Å². The van der Waals surface area contributed by atoms with Crippen molar-refractivity contribution in [3.05, 3.63) is 27.7 Å². The van der Waals surface area contributed by atoms with Crippen molar-refractivity contribution in [3.8, 4) is 0 Å². The molecule has 0 aliphatic heterocycles. The predicted molar refractivity (Wildman–Crippen MR) is 79.4 cm³/mol. The first-order chi connectivity index (χ1) is 9.70. The molecule has 0 aliphatic carbocycles. The third-order valence-electron chi connectivity index (χ3n) is 2.65. The summed E-state index contributed by atoms with van der Waals surface area (Å²) in [5.41, 5.74) is 2.29. The van der Waals surface area contributed by atoms with Gasteiger partial charge in [-0.2, -0.15) is 0 Å². The molecule has 0 saturated heterocycles. The van der Waals surface area contributed by atoms with Gasteiger partial charge in [-0.25, -0.2) is 9.59 Å². The van der Waals surface area contributed by atoms with E-state index in [4.69, 9.17) is 10.2 Å². The molecular weight excluding hydrogens is 344 g/mol. The van der Waals surface area contributed by atoms with E-state index < -0.39 is 30.4 Å². The number of anilines is 1. The summed E-state index contributed by atoms with van der Waals surface area (Å²) in [5.74, 6) is -2.72. The smallest absolute Gasteiger partial charge is 0.326 e. The minimum absolute atomic E-state index is 0.498. The Morgan fingerprint density at radius 3 is 2.33 bits per heavy atom. The summed E-state index contributed by atoms with van der Waals surface area (Å²) in [6, 6.07) is 1.38. The maximum Gasteiger partial charge on any atom is 0.326 e. The lowest BCUT2D eigenvalue weighted by molar-refractivity contribution is -0.145. The van der Waals surface area contributed by atoms with Crippen molar-refractivity contribution < 1.29 is 24.6 Å². The Bertz CT molecular complexity index is 565. The minimum atomic E-state index is -1.49. The molecule has 1 aromatic rings. The lowest BCUT2D eigenvalue weighted by atomic mass is 10.1. The van der Waals surface area contributed by atoms with E-state index in [1.165, 1.54) is 0 Å². The van der Waals surface area contributed by atoms with Crippen LogP contribution in [0.15, 0.2) is 16.6 Å². The van der Waals surface area contributed by atoms with E-state index >= 15 is 0 Å². The molecule has 1 rings (SSSR count). The molecule has 1 aromatic carbocycles. The van der Waals surface area contributed by atoms with E-state index in [-0.39, 0.29) is 0 Å². The predicted octanol–water partition coefficient (Wildman–Crippen LogP) is 2.12. The molecule has 21 heavy (non-hydrogen) atoms. The van der Waals surface area contributed by atoms with Crippen molar-refractivity contribution >= 4 is 39.6 Å². The summed E-state index contributed by atoms with van der Waals surface area (Å²) in [4.78, 5) is 33.2. The molecule has 114 valence electrons. The van der Waals surface area contributed by atoms with Crippen molar-refractivity contribution in [2.45, 2.75) is 26.3 Å². The fourth-order valence-electron chi connectivity index (χ4n) is 1.76. The van der Waals surface area contributed by atoms with Gasteiger partial charge in [-0.15, -0.1) is 0 Å². The van der Waals surface area contributed by atoms with E-state index in [2.05, 4.69) is 26.6 Å². The van der Waals surface area contributed by atoms with Gasteiger partial charge in [0, 0.05) is 4.47 Å². The SMILES string of the molecule is Cc1cc(C)c(NC(=O)N[C@@H](CC(=O)O)C(=O)O)c(Br)c1. The molecule has 0 heterocycles. The maximum absolute atomic E-state index is 11.8. The Balaban J connectivity index is 2.82. The zero-order valence-electron chi connectivity index (χ0n) is 11.4. The van der Waals surface area contributed by atoms with E-state index in [1.807, 2.05) is 13.0 Å². The van der Waals surface area contributed by atoms with Crippen molar-refractivity contribution in [2.75, 3.05) is 5.32 Å². The lowest BCUT2D eigenvalue weighted by Crippen LogP contribution is -2.44. The van der Waals surface area contributed by atoms with Gasteiger partial charge >= 0.3 is 18.0 Å². The van der Waals surface area contributed by atoms with Gasteiger partial charge in [-0.05, 0) is 47.0 Å². The largest absolute Gasteiger partial charge is 0.481 e. The fraction of sp³-hybridized carbons (Fsp3) is 0.308. The number of hydrogen-bond donors (Lipinski definition) is 4. The van der Waals surface area contributed by atoms with Gasteiger partial charge in [0.25, 0.3) is 0 Å². The molecular formula is C13H15BrN2O5. The number of aliphatic carboxylic acids is 2. The van der Waals surface area contributed by atoms with Crippen LogP contribution in [-0.2, 0) is 9.59 Å². The Morgan fingerprint density at radius 1 is 1.24 bits per heavy atom. The second-order valence-electron chi connectivity index (χ2n) is 4.53. The van der Waals surface area contributed by atoms with E-state index in [9.17, 15) is 14.4 Å². The summed E-state index contributed by atoms with van der Waals surface area (Å²) in [6.45, 7) is 3.69. The molecule has 0 aliphatic rings. The van der Waals surface area contributed by atoms with Crippen molar-refractivity contribution in [3.63, 3.8) is 0 Å². The molecule has 0 aromatic heterocycles. The van der Waals surface area contributed by atoms with Crippen LogP contribution in [0.5, 0.6) is 0 Å². The Kier molecular flexibility index (Phi) is 5.71. The Morgan fingerprint density at radius 2 is 1.86 bits per heavy atom. The molecule has 0 fully saturated rings. The van der Waals surface area contributed by atoms with Gasteiger partial charge in [0.15, 0.2) is 0 Å². The highest BCUT2D eigenvalue weighted by Crippen LogP contribution is 2.27. The molecule has 0 unspecified atom stereocenters. The number of urea groups is 1. The molecule has 1 atom stereocenters. The summed E-state index contributed by atoms with van der Waals surface area (Å²) < 4.78 is 0.653. The molecule has 8 heteroatoms. The molecule has 7 nitrogen and oxygen atoms in total. The number of carboxylic acids is 2. The lowest BCUT2D eigenvalue weighted by Gasteiger charge is -2.15. The fourth-order valence-corrected chi connectivity index (χ4v) is 2.53. The number of benzene rings is 1. The third kappa shape index (κ3) is 5.07. The van der Waals surface area contributed by atoms with Crippen LogP contribution < -0.4 is 10.6 Å². The summed E-state index contributed by atoms with van der Waals surface area (Å²) in [7, 11) is 0. The number of rotatable bonds is 5. The number of nitrogens with one attached hydrogen (secondary N) is 2. The Labute approximate surface area is 129 Å². The summed E-state index contributed by atoms with van der Waals surface area (Å²) in [5, 5.41) is 22.1. The van der Waals surface area contributed by atoms with Gasteiger partial charge in [0.05, 0.1) is 12.1 Å². The van der Waals surface area contributed by atoms with Crippen LogP contribution in [0.2, 0.25) is 0 Å². The van der Waals surface area contributed by atoms with Gasteiger partial charge in [-0.3, -0.25) is 4.79 Å². The monoisotopic (exact) mass is 358 g/mol. The number of carbonyl (C=O) groups is 3. The topological polar surface area (TPSA) is 116 Å². The summed E-state index contributed by atoms with van der Waals surface area (Å²) >= 11 is 3.31. The highest BCUT2D eigenvalue weighted by molar-refractivity contribution is 9.10. The maximum atomic E-state index is 11.8. The minimum Gasteiger partial charge on any atom is -0.481 e. The van der Waals surface area contributed by atoms with Gasteiger partial charge < -0.3 is 20.8 Å². The number of carboxylic acid groups (broad SMARTS) is 2. The number of hydrogen-bond acceptors (Lipinski definition) is 3. The first-order valence-corrected chi connectivity index (χ1v) is 6.79. The first kappa shape index (κ1) is 17.0. The van der Waals surface area contributed by atoms with Crippen LogP contribution in [-0.4, -0.2) is 34.2 Å². The zero-order valence-corrected chi connectivity index (χ0v) is 13.0. The molecule has 2 amide bonds. The molecule has 4 N–H and O–H groups in total. The summed E-state index contributed by atoms with van der Waals surface area (Å²) in [6.07, 6.45) is -0.698. The Hall–Kier alpha value is -2.09. The molecule has 0 spiro atoms. The van der Waals surface area contributed by atoms with Crippen molar-refractivity contribution in [1.29, 1.82) is 0 Å². The van der Waals surface area contributed by atoms with Crippen LogP contribution in [0.4, 0.5) is 10.5 Å². The average molecular weight is 359 g/mol.